The number of nitrogens with zero attached hydrogens (tertiary/aromatic N) is 4. The van der Waals surface area contributed by atoms with Gasteiger partial charge < -0.3 is 5.73 Å². The van der Waals surface area contributed by atoms with E-state index < -0.39 is 0 Å². The average Bonchev–Trinajstić information content (AvgIpc) is 2.87. The number of hydrogen-bond donors (Lipinski definition) is 1. The molecule has 0 atom stereocenters. The molecule has 0 aliphatic carbocycles. The van der Waals surface area contributed by atoms with Crippen molar-refractivity contribution in [3.05, 3.63) is 22.7 Å². The highest BCUT2D eigenvalue weighted by atomic mass is 32.1. The van der Waals surface area contributed by atoms with Crippen molar-refractivity contribution in [2.45, 2.75) is 39.0 Å². The van der Waals surface area contributed by atoms with Crippen LogP contribution in [-0.2, 0) is 19.9 Å². The zero-order valence-electron chi connectivity index (χ0n) is 11.1. The number of nitrogens with two attached hydrogens (primary N) is 1. The van der Waals surface area contributed by atoms with E-state index in [-0.39, 0.29) is 0 Å². The molecule has 0 aliphatic rings. The first-order valence-electron chi connectivity index (χ1n) is 6.16. The molecule has 0 radical (unpaired) electrons. The van der Waals surface area contributed by atoms with Crippen LogP contribution >= 0.6 is 11.3 Å². The van der Waals surface area contributed by atoms with Gasteiger partial charge >= 0.3 is 0 Å². The first-order chi connectivity index (χ1) is 8.56. The molecule has 6 heteroatoms. The number of nitrogen functional groups attached to an aromatic ring is 1. The summed E-state index contributed by atoms with van der Waals surface area (Å²) in [6.45, 7) is 4.22. The molecule has 2 heterocycles. The van der Waals surface area contributed by atoms with Gasteiger partial charge in [-0.25, -0.2) is 9.97 Å². The van der Waals surface area contributed by atoms with Gasteiger partial charge in [-0.3, -0.25) is 4.68 Å². The van der Waals surface area contributed by atoms with Crippen LogP contribution in [0.25, 0.3) is 0 Å². The van der Waals surface area contributed by atoms with Gasteiger partial charge in [0.05, 0.1) is 5.69 Å². The van der Waals surface area contributed by atoms with Crippen molar-refractivity contribution in [2.24, 2.45) is 7.05 Å². The van der Waals surface area contributed by atoms with Gasteiger partial charge in [0, 0.05) is 24.8 Å². The second-order valence-electron chi connectivity index (χ2n) is 4.70. The van der Waals surface area contributed by atoms with Crippen LogP contribution < -0.4 is 5.73 Å². The van der Waals surface area contributed by atoms with Gasteiger partial charge in [-0.15, -0.1) is 11.3 Å². The molecule has 0 saturated heterocycles. The normalized spacial score (nSPS) is 11.3. The van der Waals surface area contributed by atoms with Crippen molar-refractivity contribution in [3.63, 3.8) is 0 Å². The molecule has 98 valence electrons. The topological polar surface area (TPSA) is 69.6 Å². The minimum Gasteiger partial charge on any atom is -0.375 e. The fourth-order valence-corrected chi connectivity index (χ4v) is 2.36. The maximum absolute atomic E-state index is 5.60. The summed E-state index contributed by atoms with van der Waals surface area (Å²) in [5.74, 6) is 2.34. The Labute approximate surface area is 111 Å². The molecule has 0 amide bonds. The van der Waals surface area contributed by atoms with Crippen molar-refractivity contribution < 1.29 is 0 Å². The molecule has 2 aromatic heterocycles. The molecule has 0 saturated carbocycles. The van der Waals surface area contributed by atoms with Crippen LogP contribution in [0.5, 0.6) is 0 Å². The summed E-state index contributed by atoms with van der Waals surface area (Å²) in [6.07, 6.45) is 2.89. The Morgan fingerprint density at radius 2 is 2.11 bits per heavy atom. The fourth-order valence-electron chi connectivity index (χ4n) is 1.77. The van der Waals surface area contributed by atoms with Gasteiger partial charge in [0.15, 0.2) is 11.0 Å². The number of aromatic nitrogens is 4. The first kappa shape index (κ1) is 13.0. The van der Waals surface area contributed by atoms with E-state index in [1.807, 2.05) is 17.1 Å². The van der Waals surface area contributed by atoms with E-state index in [1.165, 1.54) is 11.3 Å². The van der Waals surface area contributed by atoms with E-state index in [1.54, 1.807) is 0 Å². The Bertz CT molecular complexity index is 514. The molecule has 0 spiro atoms. The van der Waals surface area contributed by atoms with Crippen LogP contribution in [0.15, 0.2) is 5.38 Å². The third-order valence-corrected chi connectivity index (χ3v) is 3.51. The minimum atomic E-state index is 0.378. The van der Waals surface area contributed by atoms with Gasteiger partial charge in [-0.05, 0) is 12.8 Å². The Morgan fingerprint density at radius 1 is 1.33 bits per heavy atom. The standard InChI is InChI=1S/C12H19N5S/c1-8(2)11-15-10(17(3)16-11)6-4-5-9-7-18-12(13)14-9/h7-8H,4-6H2,1-3H3,(H2,13,14). The highest BCUT2D eigenvalue weighted by molar-refractivity contribution is 7.13. The quantitative estimate of drug-likeness (QED) is 0.899. The van der Waals surface area contributed by atoms with Crippen LogP contribution in [0.4, 0.5) is 5.13 Å². The Kier molecular flexibility index (Phi) is 3.96. The molecule has 2 aromatic rings. The number of thiazole rings is 1. The summed E-state index contributed by atoms with van der Waals surface area (Å²) < 4.78 is 1.88. The molecule has 0 aliphatic heterocycles. The highest BCUT2D eigenvalue weighted by Crippen LogP contribution is 2.14. The Balaban J connectivity index is 1.90. The lowest BCUT2D eigenvalue weighted by Gasteiger charge is -1.98. The van der Waals surface area contributed by atoms with Crippen LogP contribution in [0.2, 0.25) is 0 Å². The lowest BCUT2D eigenvalue weighted by atomic mass is 10.2. The number of hydrogen-bond acceptors (Lipinski definition) is 5. The molecule has 18 heavy (non-hydrogen) atoms. The van der Waals surface area contributed by atoms with E-state index in [2.05, 4.69) is 28.9 Å². The highest BCUT2D eigenvalue weighted by Gasteiger charge is 2.10. The van der Waals surface area contributed by atoms with E-state index in [4.69, 9.17) is 5.73 Å². The van der Waals surface area contributed by atoms with Crippen LogP contribution in [0.3, 0.4) is 0 Å². The van der Waals surface area contributed by atoms with Crippen molar-refractivity contribution >= 4 is 16.5 Å². The molecule has 2 rings (SSSR count). The van der Waals surface area contributed by atoms with Crippen molar-refractivity contribution in [1.82, 2.24) is 19.7 Å². The van der Waals surface area contributed by atoms with Crippen LogP contribution in [-0.4, -0.2) is 19.7 Å². The van der Waals surface area contributed by atoms with Gasteiger partial charge in [-0.1, -0.05) is 13.8 Å². The molecule has 2 N–H and O–H groups in total. The molecule has 5 nitrogen and oxygen atoms in total. The molecule has 0 aromatic carbocycles. The zero-order chi connectivity index (χ0) is 13.1. The van der Waals surface area contributed by atoms with Crippen LogP contribution in [0.1, 0.15) is 43.5 Å². The molecule has 0 fully saturated rings. The second-order valence-corrected chi connectivity index (χ2v) is 5.58. The summed E-state index contributed by atoms with van der Waals surface area (Å²) in [5, 5.41) is 7.08. The summed E-state index contributed by atoms with van der Waals surface area (Å²) in [5.41, 5.74) is 6.68. The summed E-state index contributed by atoms with van der Waals surface area (Å²) in [7, 11) is 1.95. The summed E-state index contributed by atoms with van der Waals surface area (Å²) in [6, 6.07) is 0. The third kappa shape index (κ3) is 3.07. The van der Waals surface area contributed by atoms with E-state index in [0.717, 1.165) is 36.6 Å². The van der Waals surface area contributed by atoms with Crippen molar-refractivity contribution in [2.75, 3.05) is 5.73 Å². The summed E-state index contributed by atoms with van der Waals surface area (Å²) in [4.78, 5) is 8.81. The predicted octanol–water partition coefficient (Wildman–Crippen LogP) is 2.15. The Morgan fingerprint density at radius 3 is 2.67 bits per heavy atom. The van der Waals surface area contributed by atoms with Gasteiger partial charge in [0.2, 0.25) is 0 Å². The van der Waals surface area contributed by atoms with E-state index in [0.29, 0.717) is 11.0 Å². The van der Waals surface area contributed by atoms with Crippen LogP contribution in [0, 0.1) is 0 Å². The molecular weight excluding hydrogens is 246 g/mol. The lowest BCUT2D eigenvalue weighted by molar-refractivity contribution is 0.659. The van der Waals surface area contributed by atoms with Gasteiger partial charge in [0.1, 0.15) is 5.82 Å². The summed E-state index contributed by atoms with van der Waals surface area (Å²) >= 11 is 1.50. The molecule has 0 bridgehead atoms. The Hall–Kier alpha value is -1.43. The number of anilines is 1. The van der Waals surface area contributed by atoms with Gasteiger partial charge in [-0.2, -0.15) is 5.10 Å². The van der Waals surface area contributed by atoms with E-state index >= 15 is 0 Å². The smallest absolute Gasteiger partial charge is 0.180 e. The zero-order valence-corrected chi connectivity index (χ0v) is 11.9. The lowest BCUT2D eigenvalue weighted by Crippen LogP contribution is -2.00. The average molecular weight is 265 g/mol. The maximum Gasteiger partial charge on any atom is 0.180 e. The molecule has 0 unspecified atom stereocenters. The minimum absolute atomic E-state index is 0.378. The van der Waals surface area contributed by atoms with Crippen molar-refractivity contribution in [3.8, 4) is 0 Å². The van der Waals surface area contributed by atoms with Gasteiger partial charge in [0.25, 0.3) is 0 Å². The first-order valence-corrected chi connectivity index (χ1v) is 7.04. The number of aryl methyl sites for hydroxylation is 3. The SMILES string of the molecule is CC(C)c1nc(CCCc2csc(N)n2)n(C)n1. The monoisotopic (exact) mass is 265 g/mol. The molecular formula is C12H19N5S. The maximum atomic E-state index is 5.60. The second kappa shape index (κ2) is 5.48. The fraction of sp³-hybridized carbons (Fsp3) is 0.583. The van der Waals surface area contributed by atoms with E-state index in [9.17, 15) is 0 Å². The third-order valence-electron chi connectivity index (χ3n) is 2.79. The number of rotatable bonds is 5. The predicted molar refractivity (Wildman–Crippen MR) is 73.6 cm³/mol. The largest absolute Gasteiger partial charge is 0.375 e. The van der Waals surface area contributed by atoms with Crippen molar-refractivity contribution in [1.29, 1.82) is 0 Å².